The maximum absolute atomic E-state index is 15.3. The Morgan fingerprint density at radius 2 is 1.97 bits per heavy atom. The van der Waals surface area contributed by atoms with Crippen molar-refractivity contribution in [2.24, 2.45) is 0 Å². The number of nitrogens with one attached hydrogen (secondary N) is 1. The van der Waals surface area contributed by atoms with Crippen molar-refractivity contribution >= 4 is 22.7 Å². The molecule has 3 aliphatic rings. The van der Waals surface area contributed by atoms with E-state index in [1.807, 2.05) is 0 Å². The average Bonchev–Trinajstić information content (AvgIpc) is 3.44. The molecule has 8 nitrogen and oxygen atoms in total. The first-order valence-corrected chi connectivity index (χ1v) is 11.9. The molecule has 34 heavy (non-hydrogen) atoms. The third-order valence-corrected chi connectivity index (χ3v) is 7.28. The van der Waals surface area contributed by atoms with Gasteiger partial charge in [0.25, 0.3) is 5.91 Å². The fourth-order valence-electron chi connectivity index (χ4n) is 5.42. The fourth-order valence-corrected chi connectivity index (χ4v) is 5.42. The third kappa shape index (κ3) is 3.58. The number of carbonyl (C=O) groups excluding carboxylic acids is 1. The lowest BCUT2D eigenvalue weighted by atomic mass is 9.96. The van der Waals surface area contributed by atoms with Crippen LogP contribution in [0.15, 0.2) is 35.0 Å². The van der Waals surface area contributed by atoms with Crippen LogP contribution in [0, 0.1) is 0 Å². The van der Waals surface area contributed by atoms with Crippen LogP contribution in [-0.4, -0.2) is 70.3 Å². The molecule has 3 fully saturated rings. The molecule has 1 saturated carbocycles. The van der Waals surface area contributed by atoms with Crippen molar-refractivity contribution in [2.75, 3.05) is 19.0 Å². The van der Waals surface area contributed by atoms with Gasteiger partial charge >= 0.3 is 0 Å². The Labute approximate surface area is 196 Å². The van der Waals surface area contributed by atoms with Gasteiger partial charge in [-0.2, -0.15) is 0 Å². The first kappa shape index (κ1) is 21.3. The Balaban J connectivity index is 1.30. The van der Waals surface area contributed by atoms with E-state index in [9.17, 15) is 9.90 Å². The van der Waals surface area contributed by atoms with E-state index in [0.29, 0.717) is 40.1 Å². The number of nitrogens with zero attached hydrogens (tertiary/aromatic N) is 4. The molecule has 9 heteroatoms. The number of aromatic nitrogens is 2. The molecule has 2 bridgehead atoms. The number of benzene rings is 1. The van der Waals surface area contributed by atoms with Gasteiger partial charge in [0.15, 0.2) is 5.76 Å². The molecule has 2 aromatic heterocycles. The van der Waals surface area contributed by atoms with E-state index < -0.39 is 6.17 Å². The predicted molar refractivity (Wildman–Crippen MR) is 126 cm³/mol. The minimum Gasteiger partial charge on any atom is -0.507 e. The van der Waals surface area contributed by atoms with E-state index in [0.717, 1.165) is 32.1 Å². The topological polar surface area (TPSA) is 94.7 Å². The number of hydrogen-bond acceptors (Lipinski definition) is 7. The summed E-state index contributed by atoms with van der Waals surface area (Å²) < 4.78 is 21.0. The molecule has 2 saturated heterocycles. The van der Waals surface area contributed by atoms with E-state index in [-0.39, 0.29) is 29.5 Å². The maximum atomic E-state index is 15.3. The summed E-state index contributed by atoms with van der Waals surface area (Å²) in [6, 6.07) is 5.26. The molecular weight excluding hydrogens is 437 g/mol. The molecule has 4 atom stereocenters. The van der Waals surface area contributed by atoms with E-state index in [1.54, 1.807) is 44.7 Å². The van der Waals surface area contributed by atoms with Crippen LogP contribution in [0.3, 0.4) is 0 Å². The van der Waals surface area contributed by atoms with Gasteiger partial charge in [-0.3, -0.25) is 9.78 Å². The van der Waals surface area contributed by atoms with Crippen LogP contribution < -0.4 is 10.2 Å². The van der Waals surface area contributed by atoms with Crippen LogP contribution in [0.25, 0.3) is 22.2 Å². The first-order valence-electron chi connectivity index (χ1n) is 11.9. The minimum absolute atomic E-state index is 0.0250. The number of amides is 1. The monoisotopic (exact) mass is 465 g/mol. The summed E-state index contributed by atoms with van der Waals surface area (Å²) >= 11 is 0. The number of hydrogen-bond donors (Lipinski definition) is 2. The van der Waals surface area contributed by atoms with Crippen LogP contribution in [0.5, 0.6) is 5.75 Å². The number of phenols is 1. The summed E-state index contributed by atoms with van der Waals surface area (Å²) in [5, 5.41) is 14.7. The number of aromatic hydroxyl groups is 1. The van der Waals surface area contributed by atoms with E-state index in [4.69, 9.17) is 4.42 Å². The second-order valence-corrected chi connectivity index (χ2v) is 9.91. The van der Waals surface area contributed by atoms with Crippen molar-refractivity contribution in [3.05, 3.63) is 36.4 Å². The van der Waals surface area contributed by atoms with E-state index in [1.165, 1.54) is 4.90 Å². The summed E-state index contributed by atoms with van der Waals surface area (Å²) in [6.45, 7) is 0. The zero-order valence-electron chi connectivity index (χ0n) is 19.2. The Hall–Kier alpha value is -3.20. The molecule has 2 aliphatic heterocycles. The smallest absolute Gasteiger partial charge is 0.289 e. The van der Waals surface area contributed by atoms with Gasteiger partial charge in [-0.25, -0.2) is 9.37 Å². The first-order chi connectivity index (χ1) is 16.4. The number of carbonyl (C=O) groups is 1. The van der Waals surface area contributed by atoms with Gasteiger partial charge in [0.1, 0.15) is 23.3 Å². The van der Waals surface area contributed by atoms with Gasteiger partial charge in [0.05, 0.1) is 24.1 Å². The molecular formula is C25H28FN5O3. The van der Waals surface area contributed by atoms with Crippen molar-refractivity contribution in [1.82, 2.24) is 20.2 Å². The Kier molecular flexibility index (Phi) is 4.98. The SMILES string of the molecule is CN(C)C(=O)c1cc2cc(O)c(-c3cnc(N(C4CC4)[C@H]4CC5CCC(N5)[C@H]4F)cn3)cc2o1. The molecule has 4 heterocycles. The van der Waals surface area contributed by atoms with Gasteiger partial charge < -0.3 is 24.6 Å². The van der Waals surface area contributed by atoms with Crippen molar-refractivity contribution in [2.45, 2.75) is 62.4 Å². The second-order valence-electron chi connectivity index (χ2n) is 9.91. The molecule has 0 spiro atoms. The Bertz CT molecular complexity index is 1240. The lowest BCUT2D eigenvalue weighted by molar-refractivity contribution is 0.0799. The molecule has 1 aromatic carbocycles. The third-order valence-electron chi connectivity index (χ3n) is 7.28. The van der Waals surface area contributed by atoms with Crippen LogP contribution >= 0.6 is 0 Å². The highest BCUT2D eigenvalue weighted by Crippen LogP contribution is 2.40. The van der Waals surface area contributed by atoms with Crippen molar-refractivity contribution in [1.29, 1.82) is 0 Å². The maximum Gasteiger partial charge on any atom is 0.289 e. The number of furan rings is 1. The highest BCUT2D eigenvalue weighted by atomic mass is 19.1. The zero-order valence-corrected chi connectivity index (χ0v) is 19.2. The summed E-state index contributed by atoms with van der Waals surface area (Å²) in [5.41, 5.74) is 1.43. The largest absolute Gasteiger partial charge is 0.507 e. The molecule has 1 aliphatic carbocycles. The van der Waals surface area contributed by atoms with Crippen molar-refractivity contribution in [3.8, 4) is 17.0 Å². The number of rotatable bonds is 5. The molecule has 1 amide bonds. The van der Waals surface area contributed by atoms with Gasteiger partial charge in [-0.15, -0.1) is 0 Å². The second kappa shape index (κ2) is 7.94. The number of phenolic OH excluding ortho intramolecular Hbond substituents is 1. The van der Waals surface area contributed by atoms with Crippen molar-refractivity contribution in [3.63, 3.8) is 0 Å². The van der Waals surface area contributed by atoms with Crippen LogP contribution in [0.2, 0.25) is 0 Å². The molecule has 178 valence electrons. The highest BCUT2D eigenvalue weighted by Gasteiger charge is 2.48. The molecule has 2 N–H and O–H groups in total. The normalized spacial score (nSPS) is 26.1. The van der Waals surface area contributed by atoms with Crippen LogP contribution in [-0.2, 0) is 0 Å². The van der Waals surface area contributed by atoms with Gasteiger partial charge in [0, 0.05) is 43.2 Å². The summed E-state index contributed by atoms with van der Waals surface area (Å²) in [6.07, 6.45) is 7.15. The molecule has 0 radical (unpaired) electrons. The molecule has 2 unspecified atom stereocenters. The number of alkyl halides is 1. The fraction of sp³-hybridized carbons (Fsp3) is 0.480. The summed E-state index contributed by atoms with van der Waals surface area (Å²) in [7, 11) is 3.31. The number of halogens is 1. The predicted octanol–water partition coefficient (Wildman–Crippen LogP) is 3.50. The molecule has 3 aromatic rings. The number of piperidine rings is 1. The average molecular weight is 466 g/mol. The number of fused-ring (bicyclic) bond motifs is 3. The van der Waals surface area contributed by atoms with Gasteiger partial charge in [0.2, 0.25) is 0 Å². The summed E-state index contributed by atoms with van der Waals surface area (Å²) in [5.74, 6) is 0.656. The zero-order chi connectivity index (χ0) is 23.6. The standard InChI is InChI=1S/C25H28FN5O3/c1-30(2)25(33)22-8-13-7-20(32)16(10-21(13)34-22)18-11-28-23(12-27-18)31(15-4-5-15)19-9-14-3-6-17(29-14)24(19)26/h7-8,10-12,14-15,17,19,24,29,32H,3-6,9H2,1-2H3/t14?,17?,19-,24+/m0/s1. The van der Waals surface area contributed by atoms with E-state index in [2.05, 4.69) is 20.2 Å². The van der Waals surface area contributed by atoms with Gasteiger partial charge in [-0.1, -0.05) is 0 Å². The van der Waals surface area contributed by atoms with E-state index >= 15 is 4.39 Å². The minimum atomic E-state index is -0.926. The van der Waals surface area contributed by atoms with Crippen LogP contribution in [0.4, 0.5) is 10.2 Å². The lowest BCUT2D eigenvalue weighted by Crippen LogP contribution is -2.57. The number of anilines is 1. The lowest BCUT2D eigenvalue weighted by Gasteiger charge is -2.41. The Morgan fingerprint density at radius 1 is 1.15 bits per heavy atom. The highest BCUT2D eigenvalue weighted by molar-refractivity contribution is 5.97. The molecule has 6 rings (SSSR count). The Morgan fingerprint density at radius 3 is 2.68 bits per heavy atom. The van der Waals surface area contributed by atoms with Crippen LogP contribution in [0.1, 0.15) is 42.7 Å². The quantitative estimate of drug-likeness (QED) is 0.596. The van der Waals surface area contributed by atoms with Crippen molar-refractivity contribution < 1.29 is 18.7 Å². The van der Waals surface area contributed by atoms with Gasteiger partial charge in [-0.05, 0) is 50.3 Å². The summed E-state index contributed by atoms with van der Waals surface area (Å²) in [4.78, 5) is 25.0.